The van der Waals surface area contributed by atoms with Gasteiger partial charge in [0.15, 0.2) is 18.1 Å². The maximum absolute atomic E-state index is 12.6. The van der Waals surface area contributed by atoms with Crippen molar-refractivity contribution in [3.05, 3.63) is 86.3 Å². The number of hydrogen-bond acceptors (Lipinski definition) is 10. The van der Waals surface area contributed by atoms with E-state index in [9.17, 15) is 24.5 Å². The van der Waals surface area contributed by atoms with E-state index in [-0.39, 0.29) is 29.4 Å². The minimum absolute atomic E-state index is 0.00318. The normalized spacial score (nSPS) is 14.6. The third-order valence-electron chi connectivity index (χ3n) is 6.77. The zero-order valence-electron chi connectivity index (χ0n) is 24.7. The number of nitro groups is 1. The molecule has 0 bridgehead atoms. The van der Waals surface area contributed by atoms with E-state index in [1.54, 1.807) is 64.1 Å². The molecule has 230 valence electrons. The summed E-state index contributed by atoms with van der Waals surface area (Å²) in [5.74, 6) is 0.0915. The molecule has 44 heavy (non-hydrogen) atoms. The molecule has 0 saturated heterocycles. The molecule has 1 aromatic heterocycles. The van der Waals surface area contributed by atoms with Crippen LogP contribution >= 0.6 is 0 Å². The molecule has 0 radical (unpaired) electrons. The van der Waals surface area contributed by atoms with Crippen LogP contribution in [0.25, 0.3) is 11.3 Å². The summed E-state index contributed by atoms with van der Waals surface area (Å²) in [5, 5.41) is 20.5. The standard InChI is InChI=1S/C30H31N5O9/c1-6-42-29(37)27-18(4)32-30(38)33-28(27)19-7-9-24(25(13-19)41-5)43-15-26(36)34-31-14-21-8-10-23(44-21)20-11-16(2)17(3)22(12-20)35(39)40/h7-14,28H,6,15H2,1-5H3,(H,34,36)(H2,32,33,38)/b31-14-/t28-/m0/s1. The van der Waals surface area contributed by atoms with Gasteiger partial charge in [0, 0.05) is 22.9 Å². The fraction of sp³-hybridized carbons (Fsp3) is 0.267. The highest BCUT2D eigenvalue weighted by Gasteiger charge is 2.32. The number of ether oxygens (including phenoxy) is 3. The van der Waals surface area contributed by atoms with Crippen LogP contribution in [0.4, 0.5) is 10.5 Å². The number of carbonyl (C=O) groups excluding carboxylic acids is 3. The lowest BCUT2D eigenvalue weighted by atomic mass is 9.95. The number of methoxy groups -OCH3 is 1. The van der Waals surface area contributed by atoms with Gasteiger partial charge in [-0.25, -0.2) is 15.0 Å². The second kappa shape index (κ2) is 13.5. The molecular weight excluding hydrogens is 574 g/mol. The van der Waals surface area contributed by atoms with Gasteiger partial charge >= 0.3 is 12.0 Å². The first-order chi connectivity index (χ1) is 21.0. The Bertz CT molecular complexity index is 1670. The van der Waals surface area contributed by atoms with E-state index in [0.717, 1.165) is 5.56 Å². The fourth-order valence-electron chi connectivity index (χ4n) is 4.50. The van der Waals surface area contributed by atoms with E-state index in [1.807, 2.05) is 0 Å². The van der Waals surface area contributed by atoms with E-state index >= 15 is 0 Å². The summed E-state index contributed by atoms with van der Waals surface area (Å²) in [6.07, 6.45) is 1.29. The number of rotatable bonds is 11. The van der Waals surface area contributed by atoms with Gasteiger partial charge in [0.25, 0.3) is 11.6 Å². The van der Waals surface area contributed by atoms with Gasteiger partial charge in [-0.05, 0) is 69.2 Å². The molecule has 0 saturated carbocycles. The monoisotopic (exact) mass is 605 g/mol. The molecule has 3 N–H and O–H groups in total. The number of urea groups is 1. The molecule has 4 rings (SSSR count). The van der Waals surface area contributed by atoms with Crippen molar-refractivity contribution >= 4 is 29.8 Å². The molecule has 0 fully saturated rings. The summed E-state index contributed by atoms with van der Waals surface area (Å²) in [4.78, 5) is 48.0. The summed E-state index contributed by atoms with van der Waals surface area (Å²) in [6, 6.07) is 10.0. The molecule has 0 spiro atoms. The van der Waals surface area contributed by atoms with Gasteiger partial charge in [-0.2, -0.15) is 5.10 Å². The highest BCUT2D eigenvalue weighted by atomic mass is 16.6. The predicted octanol–water partition coefficient (Wildman–Crippen LogP) is 4.20. The van der Waals surface area contributed by atoms with Crippen molar-refractivity contribution in [3.8, 4) is 22.8 Å². The summed E-state index contributed by atoms with van der Waals surface area (Å²) >= 11 is 0. The smallest absolute Gasteiger partial charge is 0.338 e. The summed E-state index contributed by atoms with van der Waals surface area (Å²) < 4.78 is 21.9. The van der Waals surface area contributed by atoms with E-state index in [1.165, 1.54) is 19.4 Å². The van der Waals surface area contributed by atoms with Gasteiger partial charge in [0.1, 0.15) is 11.5 Å². The lowest BCUT2D eigenvalue weighted by molar-refractivity contribution is -0.385. The third kappa shape index (κ3) is 7.03. The molecule has 0 aliphatic carbocycles. The van der Waals surface area contributed by atoms with Gasteiger partial charge in [-0.1, -0.05) is 6.07 Å². The van der Waals surface area contributed by atoms with Gasteiger partial charge in [-0.15, -0.1) is 0 Å². The third-order valence-corrected chi connectivity index (χ3v) is 6.77. The molecule has 1 aliphatic rings. The zero-order valence-corrected chi connectivity index (χ0v) is 24.7. The lowest BCUT2D eigenvalue weighted by Crippen LogP contribution is -2.45. The minimum atomic E-state index is -0.796. The van der Waals surface area contributed by atoms with Crippen LogP contribution in [-0.2, 0) is 14.3 Å². The van der Waals surface area contributed by atoms with Crippen LogP contribution in [0.15, 0.2) is 63.3 Å². The molecular formula is C30H31N5O9. The van der Waals surface area contributed by atoms with Crippen LogP contribution < -0.4 is 25.5 Å². The first-order valence-electron chi connectivity index (χ1n) is 13.5. The average molecular weight is 606 g/mol. The number of nitro benzene ring substituents is 1. The van der Waals surface area contributed by atoms with E-state index < -0.39 is 35.5 Å². The molecule has 1 atom stereocenters. The quantitative estimate of drug-likeness (QED) is 0.125. The number of aryl methyl sites for hydroxylation is 1. The van der Waals surface area contributed by atoms with Crippen LogP contribution in [0, 0.1) is 24.0 Å². The average Bonchev–Trinajstić information content (AvgIpc) is 3.45. The summed E-state index contributed by atoms with van der Waals surface area (Å²) in [5.41, 5.74) is 5.36. The minimum Gasteiger partial charge on any atom is -0.493 e. The van der Waals surface area contributed by atoms with Crippen LogP contribution in [0.5, 0.6) is 11.5 Å². The predicted molar refractivity (Wildman–Crippen MR) is 158 cm³/mol. The Morgan fingerprint density at radius 2 is 1.91 bits per heavy atom. The first kappa shape index (κ1) is 31.3. The molecule has 3 aromatic rings. The second-order valence-electron chi connectivity index (χ2n) is 9.68. The lowest BCUT2D eigenvalue weighted by Gasteiger charge is -2.28. The number of hydrogen-bond donors (Lipinski definition) is 3. The Balaban J connectivity index is 1.39. The Labute approximate surface area is 252 Å². The number of benzene rings is 2. The fourth-order valence-corrected chi connectivity index (χ4v) is 4.50. The molecule has 3 amide bonds. The number of carbonyl (C=O) groups is 3. The Morgan fingerprint density at radius 1 is 1.14 bits per heavy atom. The number of amides is 3. The van der Waals surface area contributed by atoms with Gasteiger partial charge in [-0.3, -0.25) is 14.9 Å². The van der Waals surface area contributed by atoms with Crippen molar-refractivity contribution in [3.63, 3.8) is 0 Å². The largest absolute Gasteiger partial charge is 0.493 e. The highest BCUT2D eigenvalue weighted by molar-refractivity contribution is 5.95. The van der Waals surface area contributed by atoms with Crippen LogP contribution in [0.3, 0.4) is 0 Å². The zero-order chi connectivity index (χ0) is 32.0. The molecule has 2 heterocycles. The number of nitrogens with zero attached hydrogens (tertiary/aromatic N) is 2. The molecule has 0 unspecified atom stereocenters. The number of esters is 1. The van der Waals surface area contributed by atoms with Crippen molar-refractivity contribution < 1.29 is 37.9 Å². The van der Waals surface area contributed by atoms with E-state index in [2.05, 4.69) is 21.2 Å². The maximum Gasteiger partial charge on any atom is 0.338 e. The van der Waals surface area contributed by atoms with Crippen LogP contribution in [-0.4, -0.2) is 49.4 Å². The van der Waals surface area contributed by atoms with Crippen LogP contribution in [0.2, 0.25) is 0 Å². The number of allylic oxidation sites excluding steroid dienone is 1. The van der Waals surface area contributed by atoms with Crippen molar-refractivity contribution in [2.75, 3.05) is 20.3 Å². The second-order valence-corrected chi connectivity index (χ2v) is 9.68. The molecule has 14 nitrogen and oxygen atoms in total. The first-order valence-corrected chi connectivity index (χ1v) is 13.5. The Morgan fingerprint density at radius 3 is 2.61 bits per heavy atom. The number of furan rings is 1. The topological polar surface area (TPSA) is 184 Å². The SMILES string of the molecule is CCOC(=O)C1=C(C)NC(=O)N[C@H]1c1ccc(OCC(=O)N/N=C\c2ccc(-c3cc(C)c(C)c([N+](=O)[O-])c3)o2)c(OC)c1. The van der Waals surface area contributed by atoms with Gasteiger partial charge in [0.05, 0.1) is 36.5 Å². The molecule has 14 heteroatoms. The van der Waals surface area contributed by atoms with Gasteiger partial charge in [0.2, 0.25) is 0 Å². The maximum atomic E-state index is 12.6. The summed E-state index contributed by atoms with van der Waals surface area (Å²) in [6.45, 7) is 6.53. The van der Waals surface area contributed by atoms with Crippen molar-refractivity contribution in [2.45, 2.75) is 33.7 Å². The van der Waals surface area contributed by atoms with E-state index in [4.69, 9.17) is 18.6 Å². The van der Waals surface area contributed by atoms with Crippen molar-refractivity contribution in [2.24, 2.45) is 5.10 Å². The van der Waals surface area contributed by atoms with Crippen LogP contribution in [0.1, 0.15) is 42.3 Å². The van der Waals surface area contributed by atoms with E-state index in [0.29, 0.717) is 33.9 Å². The van der Waals surface area contributed by atoms with Crippen molar-refractivity contribution in [1.29, 1.82) is 0 Å². The number of nitrogens with one attached hydrogen (secondary N) is 3. The highest BCUT2D eigenvalue weighted by Crippen LogP contribution is 2.35. The Hall–Kier alpha value is -5.66. The van der Waals surface area contributed by atoms with Gasteiger partial charge < -0.3 is 29.3 Å². The van der Waals surface area contributed by atoms with Crippen molar-refractivity contribution in [1.82, 2.24) is 16.1 Å². The molecule has 1 aliphatic heterocycles. The Kier molecular flexibility index (Phi) is 9.63. The number of hydrazone groups is 1. The summed E-state index contributed by atoms with van der Waals surface area (Å²) in [7, 11) is 1.42. The molecule has 2 aromatic carbocycles.